The summed E-state index contributed by atoms with van der Waals surface area (Å²) in [4.78, 5) is 30.8. The highest BCUT2D eigenvalue weighted by Crippen LogP contribution is 2.31. The molecule has 0 spiro atoms. The number of rotatable bonds is 5. The SMILES string of the molecule is C[C@@]1(c2cccc(Cl)c2)NC(=O)N(Cc2nc(Cc3ccccc3)no2)C1=O. The summed E-state index contributed by atoms with van der Waals surface area (Å²) in [6.07, 6.45) is 0.505. The summed E-state index contributed by atoms with van der Waals surface area (Å²) in [5, 5.41) is 7.15. The number of amides is 3. The van der Waals surface area contributed by atoms with E-state index in [1.54, 1.807) is 31.2 Å². The molecule has 1 N–H and O–H groups in total. The Morgan fingerprint density at radius 2 is 1.93 bits per heavy atom. The Hall–Kier alpha value is -3.19. The number of carbonyl (C=O) groups excluding carboxylic acids is 2. The van der Waals surface area contributed by atoms with Crippen LogP contribution in [0.5, 0.6) is 0 Å². The van der Waals surface area contributed by atoms with Crippen LogP contribution in [0.3, 0.4) is 0 Å². The third-order valence-electron chi connectivity index (χ3n) is 4.69. The van der Waals surface area contributed by atoms with Crippen LogP contribution >= 0.6 is 11.6 Å². The molecule has 0 bridgehead atoms. The largest absolute Gasteiger partial charge is 0.337 e. The molecule has 1 aliphatic heterocycles. The second-order valence-electron chi connectivity index (χ2n) is 6.72. The first-order valence-corrected chi connectivity index (χ1v) is 9.09. The normalized spacial score (nSPS) is 19.1. The van der Waals surface area contributed by atoms with Gasteiger partial charge >= 0.3 is 6.03 Å². The molecule has 2 heterocycles. The molecule has 3 aromatic rings. The average Bonchev–Trinajstić information content (AvgIpc) is 3.21. The van der Waals surface area contributed by atoms with E-state index in [0.717, 1.165) is 10.5 Å². The van der Waals surface area contributed by atoms with Crippen LogP contribution in [0.4, 0.5) is 4.79 Å². The second-order valence-corrected chi connectivity index (χ2v) is 7.16. The van der Waals surface area contributed by atoms with Gasteiger partial charge in [-0.25, -0.2) is 4.79 Å². The molecule has 1 atom stereocenters. The summed E-state index contributed by atoms with van der Waals surface area (Å²) in [6, 6.07) is 16.1. The Kier molecular flexibility index (Phi) is 4.60. The van der Waals surface area contributed by atoms with E-state index in [0.29, 0.717) is 22.8 Å². The molecular formula is C20H17ClN4O3. The molecule has 28 heavy (non-hydrogen) atoms. The van der Waals surface area contributed by atoms with Crippen molar-refractivity contribution in [3.63, 3.8) is 0 Å². The Bertz CT molecular complexity index is 1040. The molecule has 0 saturated carbocycles. The van der Waals surface area contributed by atoms with Gasteiger partial charge in [-0.05, 0) is 30.2 Å². The van der Waals surface area contributed by atoms with Crippen molar-refractivity contribution < 1.29 is 14.1 Å². The molecule has 142 valence electrons. The quantitative estimate of drug-likeness (QED) is 0.668. The molecular weight excluding hydrogens is 380 g/mol. The Morgan fingerprint density at radius 1 is 1.14 bits per heavy atom. The first-order valence-electron chi connectivity index (χ1n) is 8.71. The van der Waals surface area contributed by atoms with Gasteiger partial charge < -0.3 is 9.84 Å². The number of hydrogen-bond acceptors (Lipinski definition) is 5. The van der Waals surface area contributed by atoms with E-state index < -0.39 is 17.5 Å². The van der Waals surface area contributed by atoms with E-state index >= 15 is 0 Å². The van der Waals surface area contributed by atoms with Crippen LogP contribution in [0, 0.1) is 0 Å². The van der Waals surface area contributed by atoms with Gasteiger partial charge in [0.15, 0.2) is 5.82 Å². The summed E-state index contributed by atoms with van der Waals surface area (Å²) >= 11 is 6.03. The highest BCUT2D eigenvalue weighted by atomic mass is 35.5. The molecule has 0 radical (unpaired) electrons. The average molecular weight is 397 g/mol. The molecule has 1 aromatic heterocycles. The van der Waals surface area contributed by atoms with Crippen LogP contribution in [0.15, 0.2) is 59.1 Å². The molecule has 1 saturated heterocycles. The van der Waals surface area contributed by atoms with E-state index in [1.165, 1.54) is 0 Å². The first-order chi connectivity index (χ1) is 13.5. The lowest BCUT2D eigenvalue weighted by molar-refractivity contribution is -0.131. The lowest BCUT2D eigenvalue weighted by Gasteiger charge is -2.22. The van der Waals surface area contributed by atoms with Crippen LogP contribution in [-0.4, -0.2) is 27.0 Å². The smallest absolute Gasteiger partial charge is 0.325 e. The van der Waals surface area contributed by atoms with Gasteiger partial charge in [-0.3, -0.25) is 9.69 Å². The number of carbonyl (C=O) groups is 2. The zero-order chi connectivity index (χ0) is 19.7. The third kappa shape index (κ3) is 3.36. The summed E-state index contributed by atoms with van der Waals surface area (Å²) in [5.41, 5.74) is 0.448. The minimum atomic E-state index is -1.20. The molecule has 1 aliphatic rings. The number of halogens is 1. The molecule has 0 aliphatic carbocycles. The van der Waals surface area contributed by atoms with Gasteiger partial charge in [-0.1, -0.05) is 59.2 Å². The van der Waals surface area contributed by atoms with Gasteiger partial charge in [0, 0.05) is 11.4 Å². The van der Waals surface area contributed by atoms with Gasteiger partial charge in [0.2, 0.25) is 5.89 Å². The van der Waals surface area contributed by atoms with Gasteiger partial charge in [-0.15, -0.1) is 0 Å². The van der Waals surface area contributed by atoms with E-state index in [-0.39, 0.29) is 12.4 Å². The predicted molar refractivity (Wildman–Crippen MR) is 101 cm³/mol. The zero-order valence-electron chi connectivity index (χ0n) is 15.1. The van der Waals surface area contributed by atoms with Crippen LogP contribution < -0.4 is 5.32 Å². The minimum Gasteiger partial charge on any atom is -0.337 e. The number of urea groups is 1. The van der Waals surface area contributed by atoms with Crippen molar-refractivity contribution in [2.45, 2.75) is 25.4 Å². The lowest BCUT2D eigenvalue weighted by atomic mass is 9.92. The number of imide groups is 1. The van der Waals surface area contributed by atoms with Crippen LogP contribution in [-0.2, 0) is 23.3 Å². The highest BCUT2D eigenvalue weighted by Gasteiger charge is 2.49. The van der Waals surface area contributed by atoms with Gasteiger partial charge in [0.25, 0.3) is 5.91 Å². The zero-order valence-corrected chi connectivity index (χ0v) is 15.8. The highest BCUT2D eigenvalue weighted by molar-refractivity contribution is 6.30. The molecule has 2 aromatic carbocycles. The topological polar surface area (TPSA) is 88.3 Å². The molecule has 8 heteroatoms. The van der Waals surface area contributed by atoms with Crippen molar-refractivity contribution in [2.24, 2.45) is 0 Å². The maximum Gasteiger partial charge on any atom is 0.325 e. The predicted octanol–water partition coefficient (Wildman–Crippen LogP) is 3.28. The summed E-state index contributed by atoms with van der Waals surface area (Å²) in [6.45, 7) is 1.55. The van der Waals surface area contributed by atoms with Crippen molar-refractivity contribution in [2.75, 3.05) is 0 Å². The number of hydrogen-bond donors (Lipinski definition) is 1. The monoisotopic (exact) mass is 396 g/mol. The van der Waals surface area contributed by atoms with Crippen molar-refractivity contribution in [1.82, 2.24) is 20.4 Å². The van der Waals surface area contributed by atoms with Gasteiger partial charge in [0.1, 0.15) is 12.1 Å². The molecule has 7 nitrogen and oxygen atoms in total. The van der Waals surface area contributed by atoms with Crippen LogP contribution in [0.1, 0.15) is 29.8 Å². The maximum absolute atomic E-state index is 13.0. The number of nitrogens with one attached hydrogen (secondary N) is 1. The molecule has 3 amide bonds. The lowest BCUT2D eigenvalue weighted by Crippen LogP contribution is -2.40. The van der Waals surface area contributed by atoms with Gasteiger partial charge in [0.05, 0.1) is 0 Å². The van der Waals surface area contributed by atoms with E-state index in [1.807, 2.05) is 30.3 Å². The van der Waals surface area contributed by atoms with Crippen LogP contribution in [0.2, 0.25) is 5.02 Å². The Balaban J connectivity index is 1.51. The molecule has 1 fully saturated rings. The summed E-state index contributed by atoms with van der Waals surface area (Å²) in [7, 11) is 0. The first kappa shape index (κ1) is 18.2. The Morgan fingerprint density at radius 3 is 2.68 bits per heavy atom. The van der Waals surface area contributed by atoms with E-state index in [2.05, 4.69) is 15.5 Å². The Labute approximate surface area is 166 Å². The second kappa shape index (κ2) is 7.09. The summed E-state index contributed by atoms with van der Waals surface area (Å²) in [5.74, 6) is 0.290. The van der Waals surface area contributed by atoms with Crippen LogP contribution in [0.25, 0.3) is 0 Å². The fourth-order valence-electron chi connectivity index (χ4n) is 3.18. The van der Waals surface area contributed by atoms with E-state index in [9.17, 15) is 9.59 Å². The maximum atomic E-state index is 13.0. The molecule has 4 rings (SSSR count). The van der Waals surface area contributed by atoms with E-state index in [4.69, 9.17) is 16.1 Å². The van der Waals surface area contributed by atoms with Crippen molar-refractivity contribution in [1.29, 1.82) is 0 Å². The van der Waals surface area contributed by atoms with Gasteiger partial charge in [-0.2, -0.15) is 4.98 Å². The van der Waals surface area contributed by atoms with Crippen molar-refractivity contribution in [3.05, 3.63) is 82.5 Å². The minimum absolute atomic E-state index is 0.0946. The third-order valence-corrected chi connectivity index (χ3v) is 4.92. The van der Waals surface area contributed by atoms with Crippen molar-refractivity contribution >= 4 is 23.5 Å². The summed E-state index contributed by atoms with van der Waals surface area (Å²) < 4.78 is 5.23. The fourth-order valence-corrected chi connectivity index (χ4v) is 3.37. The van der Waals surface area contributed by atoms with Crippen molar-refractivity contribution in [3.8, 4) is 0 Å². The number of aromatic nitrogens is 2. The fraction of sp³-hybridized carbons (Fsp3) is 0.200. The molecule has 0 unspecified atom stereocenters. The standard InChI is InChI=1S/C20H17ClN4O3/c1-20(14-8-5-9-15(21)11-14)18(26)25(19(27)23-20)12-17-22-16(24-28-17)10-13-6-3-2-4-7-13/h2-9,11H,10,12H2,1H3,(H,23,27)/t20-/m0/s1. The number of nitrogens with zero attached hydrogens (tertiary/aromatic N) is 3. The number of benzene rings is 2.